The lowest BCUT2D eigenvalue weighted by Crippen LogP contribution is -1.99. The second-order valence-electron chi connectivity index (χ2n) is 7.62. The van der Waals surface area contributed by atoms with Crippen LogP contribution in [-0.4, -0.2) is 30.2 Å². The Balaban J connectivity index is 1.41. The van der Waals surface area contributed by atoms with Gasteiger partial charge in [-0.3, -0.25) is 4.98 Å². The molecule has 0 atom stereocenters. The summed E-state index contributed by atoms with van der Waals surface area (Å²) in [6.45, 7) is 4.54. The predicted molar refractivity (Wildman–Crippen MR) is 120 cm³/mol. The second kappa shape index (κ2) is 7.68. The van der Waals surface area contributed by atoms with Crippen LogP contribution in [0.2, 0.25) is 0 Å². The predicted octanol–water partition coefficient (Wildman–Crippen LogP) is 4.62. The summed E-state index contributed by atoms with van der Waals surface area (Å²) in [4.78, 5) is 4.58. The van der Waals surface area contributed by atoms with Gasteiger partial charge in [0.1, 0.15) is 12.4 Å². The van der Waals surface area contributed by atoms with Gasteiger partial charge in [-0.1, -0.05) is 36.4 Å². The molecule has 2 aromatic carbocycles. The molecule has 0 amide bonds. The zero-order valence-corrected chi connectivity index (χ0v) is 17.6. The maximum absolute atomic E-state index is 6.17. The third-order valence-electron chi connectivity index (χ3n) is 5.50. The monoisotopic (exact) mass is 410 g/mol. The number of aromatic amines is 1. The molecule has 0 fully saturated rings. The van der Waals surface area contributed by atoms with Crippen LogP contribution in [0.3, 0.4) is 0 Å². The van der Waals surface area contributed by atoms with E-state index >= 15 is 0 Å². The molecule has 0 aliphatic heterocycles. The molecule has 0 aliphatic carbocycles. The Labute approximate surface area is 179 Å². The Bertz CT molecular complexity index is 1350. The Morgan fingerprint density at radius 3 is 2.58 bits per heavy atom. The summed E-state index contributed by atoms with van der Waals surface area (Å²) < 4.78 is 8.31. The van der Waals surface area contributed by atoms with Crippen molar-refractivity contribution in [3.63, 3.8) is 0 Å². The van der Waals surface area contributed by atoms with Gasteiger partial charge in [0.05, 0.1) is 11.2 Å². The molecule has 1 N–H and O–H groups in total. The largest absolute Gasteiger partial charge is 0.488 e. The molecule has 0 saturated carbocycles. The Morgan fingerprint density at radius 2 is 1.81 bits per heavy atom. The summed E-state index contributed by atoms with van der Waals surface area (Å²) in [5.41, 5.74) is 7.26. The van der Waals surface area contributed by atoms with Crippen molar-refractivity contribution in [2.45, 2.75) is 20.5 Å². The van der Waals surface area contributed by atoms with E-state index in [1.807, 2.05) is 44.3 Å². The van der Waals surface area contributed by atoms with Gasteiger partial charge in [0.2, 0.25) is 0 Å². The van der Waals surface area contributed by atoms with Crippen molar-refractivity contribution < 1.29 is 4.74 Å². The minimum Gasteiger partial charge on any atom is -0.488 e. The molecular formula is C24H22N6O. The van der Waals surface area contributed by atoms with Crippen LogP contribution in [0.5, 0.6) is 5.75 Å². The first kappa shape index (κ1) is 19.0. The lowest BCUT2D eigenvalue weighted by atomic mass is 10.1. The topological polar surface area (TPSA) is 81.5 Å². The van der Waals surface area contributed by atoms with Crippen molar-refractivity contribution >= 4 is 10.9 Å². The highest BCUT2D eigenvalue weighted by molar-refractivity contribution is 5.85. The number of tetrazole rings is 1. The van der Waals surface area contributed by atoms with Gasteiger partial charge in [0.15, 0.2) is 5.82 Å². The van der Waals surface area contributed by atoms with Gasteiger partial charge in [0.25, 0.3) is 0 Å². The van der Waals surface area contributed by atoms with Crippen molar-refractivity contribution in [2.75, 3.05) is 0 Å². The van der Waals surface area contributed by atoms with Gasteiger partial charge in [-0.25, -0.2) is 5.10 Å². The fraction of sp³-hybridized carbons (Fsp3) is 0.167. The van der Waals surface area contributed by atoms with Crippen LogP contribution in [-0.2, 0) is 13.7 Å². The number of aromatic nitrogens is 6. The van der Waals surface area contributed by atoms with Gasteiger partial charge in [0, 0.05) is 35.5 Å². The smallest absolute Gasteiger partial charge is 0.181 e. The summed E-state index contributed by atoms with van der Waals surface area (Å²) in [6, 6.07) is 20.5. The van der Waals surface area contributed by atoms with Gasteiger partial charge >= 0.3 is 0 Å². The molecule has 5 aromatic rings. The number of benzene rings is 2. The minimum atomic E-state index is 0.485. The first-order valence-electron chi connectivity index (χ1n) is 10.1. The van der Waals surface area contributed by atoms with Crippen LogP contribution in [0, 0.1) is 13.8 Å². The van der Waals surface area contributed by atoms with Crippen molar-refractivity contribution in [1.29, 1.82) is 0 Å². The fourth-order valence-electron chi connectivity index (χ4n) is 3.84. The molecule has 31 heavy (non-hydrogen) atoms. The standard InChI is InChI=1S/C24H22N6O/c1-15-12-22(19-6-4-5-7-21(19)25-15)31-14-17-8-10-18(11-9-17)23-20(13-16(2)30(23)3)24-26-28-29-27-24/h4-13H,14H2,1-3H3,(H,26,27,28,29). The Kier molecular flexibility index (Phi) is 4.71. The van der Waals surface area contributed by atoms with Crippen LogP contribution in [0.15, 0.2) is 60.7 Å². The number of para-hydroxylation sites is 1. The van der Waals surface area contributed by atoms with E-state index in [2.05, 4.69) is 67.4 Å². The second-order valence-corrected chi connectivity index (χ2v) is 7.62. The molecule has 0 spiro atoms. The Morgan fingerprint density at radius 1 is 1.00 bits per heavy atom. The van der Waals surface area contributed by atoms with E-state index in [1.165, 1.54) is 0 Å². The molecule has 0 radical (unpaired) electrons. The van der Waals surface area contributed by atoms with Crippen molar-refractivity contribution in [3.8, 4) is 28.4 Å². The number of nitrogens with zero attached hydrogens (tertiary/aromatic N) is 5. The number of ether oxygens (including phenoxy) is 1. The molecule has 0 bridgehead atoms. The number of aryl methyl sites for hydroxylation is 2. The molecule has 3 aromatic heterocycles. The summed E-state index contributed by atoms with van der Waals surface area (Å²) in [5.74, 6) is 1.51. The molecule has 0 saturated heterocycles. The van der Waals surface area contributed by atoms with E-state index < -0.39 is 0 Å². The molecule has 7 nitrogen and oxygen atoms in total. The molecule has 154 valence electrons. The van der Waals surface area contributed by atoms with E-state index in [9.17, 15) is 0 Å². The average Bonchev–Trinajstić information content (AvgIpc) is 3.41. The van der Waals surface area contributed by atoms with E-state index in [4.69, 9.17) is 4.74 Å². The lowest BCUT2D eigenvalue weighted by molar-refractivity contribution is 0.309. The van der Waals surface area contributed by atoms with Crippen LogP contribution in [0.4, 0.5) is 0 Å². The van der Waals surface area contributed by atoms with Gasteiger partial charge in [-0.05, 0) is 53.6 Å². The first-order chi connectivity index (χ1) is 15.1. The molecular weight excluding hydrogens is 388 g/mol. The highest BCUT2D eigenvalue weighted by atomic mass is 16.5. The maximum atomic E-state index is 6.17. The normalized spacial score (nSPS) is 11.2. The number of hydrogen-bond acceptors (Lipinski definition) is 5. The summed E-state index contributed by atoms with van der Waals surface area (Å²) in [5, 5.41) is 15.4. The highest BCUT2D eigenvalue weighted by Gasteiger charge is 2.16. The first-order valence-corrected chi connectivity index (χ1v) is 10.1. The van der Waals surface area contributed by atoms with Crippen molar-refractivity contribution in [1.82, 2.24) is 30.2 Å². The zero-order chi connectivity index (χ0) is 21.4. The number of H-pyrrole nitrogens is 1. The molecule has 0 aliphatic rings. The average molecular weight is 410 g/mol. The Hall–Kier alpha value is -4.00. The summed E-state index contributed by atoms with van der Waals surface area (Å²) in [6.07, 6.45) is 0. The zero-order valence-electron chi connectivity index (χ0n) is 17.6. The molecule has 5 rings (SSSR count). The quantitative estimate of drug-likeness (QED) is 0.457. The van der Waals surface area contributed by atoms with Gasteiger partial charge in [-0.2, -0.15) is 0 Å². The number of fused-ring (bicyclic) bond motifs is 1. The fourth-order valence-corrected chi connectivity index (χ4v) is 3.84. The van der Waals surface area contributed by atoms with E-state index in [0.717, 1.165) is 50.4 Å². The third kappa shape index (κ3) is 3.54. The van der Waals surface area contributed by atoms with Gasteiger partial charge < -0.3 is 9.30 Å². The number of hydrogen-bond donors (Lipinski definition) is 1. The third-order valence-corrected chi connectivity index (χ3v) is 5.50. The summed E-state index contributed by atoms with van der Waals surface area (Å²) >= 11 is 0. The van der Waals surface area contributed by atoms with Crippen LogP contribution < -0.4 is 4.74 Å². The highest BCUT2D eigenvalue weighted by Crippen LogP contribution is 2.33. The SMILES string of the molecule is Cc1cc(OCc2ccc(-c3c(-c4nnn[nH]4)cc(C)n3C)cc2)c2ccccc2n1. The molecule has 0 unspecified atom stereocenters. The number of nitrogens with one attached hydrogen (secondary N) is 1. The van der Waals surface area contributed by atoms with E-state index in [-0.39, 0.29) is 0 Å². The van der Waals surface area contributed by atoms with Crippen molar-refractivity contribution in [2.24, 2.45) is 7.05 Å². The van der Waals surface area contributed by atoms with Gasteiger partial charge in [-0.15, -0.1) is 5.10 Å². The maximum Gasteiger partial charge on any atom is 0.181 e. The van der Waals surface area contributed by atoms with E-state index in [1.54, 1.807) is 0 Å². The van der Waals surface area contributed by atoms with E-state index in [0.29, 0.717) is 12.4 Å². The molecule has 7 heteroatoms. The molecule has 3 heterocycles. The summed E-state index contributed by atoms with van der Waals surface area (Å²) in [7, 11) is 2.05. The van der Waals surface area contributed by atoms with Crippen molar-refractivity contribution in [3.05, 3.63) is 77.6 Å². The minimum absolute atomic E-state index is 0.485. The van der Waals surface area contributed by atoms with Crippen LogP contribution >= 0.6 is 0 Å². The lowest BCUT2D eigenvalue weighted by Gasteiger charge is -2.12. The van der Waals surface area contributed by atoms with Crippen LogP contribution in [0.1, 0.15) is 17.0 Å². The number of pyridine rings is 1. The van der Waals surface area contributed by atoms with Crippen LogP contribution in [0.25, 0.3) is 33.5 Å². The number of rotatable bonds is 5.